The van der Waals surface area contributed by atoms with Gasteiger partial charge in [-0.25, -0.2) is 4.99 Å². The van der Waals surface area contributed by atoms with E-state index in [0.29, 0.717) is 19.0 Å². The molecule has 6 nitrogen and oxygen atoms in total. The largest absolute Gasteiger partial charge is 0.359 e. The number of aliphatic imine (C=N–C) groups is 1. The third-order valence-electron chi connectivity index (χ3n) is 4.25. The van der Waals surface area contributed by atoms with Crippen molar-refractivity contribution in [2.24, 2.45) is 4.99 Å². The van der Waals surface area contributed by atoms with E-state index in [1.165, 1.54) is 0 Å². The first-order chi connectivity index (χ1) is 13.7. The quantitative estimate of drug-likeness (QED) is 0.479. The van der Waals surface area contributed by atoms with E-state index in [-0.39, 0.29) is 0 Å². The standard InChI is InChI=1S/C22H27N5O/c1-4-23-22(26-15-19-13-21(16(2)3)27-28-19)25-14-17-8-7-9-18(12-17)20-10-5-6-11-24-20/h5-13,16H,4,14-15H2,1-3H3,(H2,23,25,26). The van der Waals surface area contributed by atoms with Crippen LogP contribution < -0.4 is 10.6 Å². The van der Waals surface area contributed by atoms with Crippen LogP contribution in [0.1, 0.15) is 43.7 Å². The Labute approximate surface area is 166 Å². The highest BCUT2D eigenvalue weighted by molar-refractivity contribution is 5.79. The summed E-state index contributed by atoms with van der Waals surface area (Å²) in [5.74, 6) is 1.89. The molecule has 3 aromatic rings. The summed E-state index contributed by atoms with van der Waals surface area (Å²) in [4.78, 5) is 9.10. The number of rotatable bonds is 7. The highest BCUT2D eigenvalue weighted by Crippen LogP contribution is 2.18. The molecular formula is C22H27N5O. The third-order valence-corrected chi connectivity index (χ3v) is 4.25. The van der Waals surface area contributed by atoms with E-state index in [2.05, 4.69) is 57.8 Å². The SMILES string of the molecule is CCNC(=NCc1cccc(-c2ccccn2)c1)NCc1cc(C(C)C)no1. The maximum atomic E-state index is 5.38. The Balaban J connectivity index is 1.65. The summed E-state index contributed by atoms with van der Waals surface area (Å²) in [7, 11) is 0. The molecule has 0 amide bonds. The Morgan fingerprint density at radius 3 is 2.71 bits per heavy atom. The molecule has 0 saturated carbocycles. The van der Waals surface area contributed by atoms with Gasteiger partial charge in [-0.15, -0.1) is 0 Å². The van der Waals surface area contributed by atoms with Gasteiger partial charge in [-0.2, -0.15) is 0 Å². The van der Waals surface area contributed by atoms with Crippen LogP contribution in [-0.4, -0.2) is 22.6 Å². The van der Waals surface area contributed by atoms with Crippen molar-refractivity contribution < 1.29 is 4.52 Å². The van der Waals surface area contributed by atoms with Crippen LogP contribution in [-0.2, 0) is 13.1 Å². The van der Waals surface area contributed by atoms with Gasteiger partial charge in [0.25, 0.3) is 0 Å². The van der Waals surface area contributed by atoms with Crippen LogP contribution >= 0.6 is 0 Å². The second-order valence-corrected chi connectivity index (χ2v) is 6.84. The molecule has 0 atom stereocenters. The summed E-state index contributed by atoms with van der Waals surface area (Å²) >= 11 is 0. The van der Waals surface area contributed by atoms with Crippen LogP contribution in [0.3, 0.4) is 0 Å². The summed E-state index contributed by atoms with van der Waals surface area (Å²) in [6.45, 7) is 8.14. The van der Waals surface area contributed by atoms with Gasteiger partial charge in [-0.1, -0.05) is 43.3 Å². The van der Waals surface area contributed by atoms with E-state index in [1.54, 1.807) is 0 Å². The molecule has 0 saturated heterocycles. The Hall–Kier alpha value is -3.15. The van der Waals surface area contributed by atoms with Gasteiger partial charge < -0.3 is 15.2 Å². The fourth-order valence-corrected chi connectivity index (χ4v) is 2.73. The Bertz CT molecular complexity index is 902. The predicted octanol–water partition coefficient (Wildman–Crippen LogP) is 4.12. The van der Waals surface area contributed by atoms with Crippen LogP contribution in [0.4, 0.5) is 0 Å². The highest BCUT2D eigenvalue weighted by atomic mass is 16.5. The Kier molecular flexibility index (Phi) is 6.78. The minimum atomic E-state index is 0.353. The van der Waals surface area contributed by atoms with Crippen molar-refractivity contribution in [2.45, 2.75) is 39.8 Å². The van der Waals surface area contributed by atoms with Gasteiger partial charge in [0.05, 0.1) is 24.5 Å². The zero-order chi connectivity index (χ0) is 19.8. The van der Waals surface area contributed by atoms with E-state index in [0.717, 1.165) is 40.8 Å². The van der Waals surface area contributed by atoms with Crippen molar-refractivity contribution in [3.8, 4) is 11.3 Å². The van der Waals surface area contributed by atoms with Gasteiger partial charge in [-0.05, 0) is 36.6 Å². The summed E-state index contributed by atoms with van der Waals surface area (Å²) in [5.41, 5.74) is 4.14. The van der Waals surface area contributed by atoms with Gasteiger partial charge in [0.1, 0.15) is 0 Å². The normalized spacial score (nSPS) is 11.6. The van der Waals surface area contributed by atoms with Gasteiger partial charge >= 0.3 is 0 Å². The molecule has 28 heavy (non-hydrogen) atoms. The number of benzene rings is 1. The maximum absolute atomic E-state index is 5.38. The lowest BCUT2D eigenvalue weighted by Crippen LogP contribution is -2.36. The van der Waals surface area contributed by atoms with E-state index >= 15 is 0 Å². The van der Waals surface area contributed by atoms with Crippen molar-refractivity contribution in [3.05, 3.63) is 71.7 Å². The second-order valence-electron chi connectivity index (χ2n) is 6.84. The van der Waals surface area contributed by atoms with Crippen molar-refractivity contribution in [1.82, 2.24) is 20.8 Å². The molecule has 1 aromatic carbocycles. The van der Waals surface area contributed by atoms with E-state index in [1.807, 2.05) is 43.5 Å². The highest BCUT2D eigenvalue weighted by Gasteiger charge is 2.08. The number of hydrogen-bond donors (Lipinski definition) is 2. The van der Waals surface area contributed by atoms with E-state index < -0.39 is 0 Å². The topological polar surface area (TPSA) is 75.3 Å². The molecule has 0 bridgehead atoms. The molecule has 2 N–H and O–H groups in total. The molecule has 0 aliphatic heterocycles. The van der Waals surface area contributed by atoms with Crippen molar-refractivity contribution >= 4 is 5.96 Å². The van der Waals surface area contributed by atoms with Crippen LogP contribution in [0.5, 0.6) is 0 Å². The molecule has 146 valence electrons. The van der Waals surface area contributed by atoms with Gasteiger partial charge in [0.15, 0.2) is 11.7 Å². The molecule has 0 fully saturated rings. The minimum absolute atomic E-state index is 0.353. The second kappa shape index (κ2) is 9.69. The lowest BCUT2D eigenvalue weighted by Gasteiger charge is -2.10. The third kappa shape index (κ3) is 5.42. The van der Waals surface area contributed by atoms with Gasteiger partial charge in [-0.3, -0.25) is 4.98 Å². The lowest BCUT2D eigenvalue weighted by molar-refractivity contribution is 0.372. The van der Waals surface area contributed by atoms with E-state index in [9.17, 15) is 0 Å². The van der Waals surface area contributed by atoms with Crippen LogP contribution in [0.2, 0.25) is 0 Å². The monoisotopic (exact) mass is 377 g/mol. The molecule has 6 heteroatoms. The molecule has 0 unspecified atom stereocenters. The van der Waals surface area contributed by atoms with Crippen molar-refractivity contribution in [1.29, 1.82) is 0 Å². The number of nitrogens with one attached hydrogen (secondary N) is 2. The molecule has 0 aliphatic rings. The molecule has 2 heterocycles. The predicted molar refractivity (Wildman–Crippen MR) is 112 cm³/mol. The van der Waals surface area contributed by atoms with Crippen LogP contribution in [0.15, 0.2) is 64.2 Å². The fraction of sp³-hybridized carbons (Fsp3) is 0.318. The molecule has 0 radical (unpaired) electrons. The summed E-state index contributed by atoms with van der Waals surface area (Å²) < 4.78 is 5.38. The fourth-order valence-electron chi connectivity index (χ4n) is 2.73. The number of pyridine rings is 1. The molecule has 0 spiro atoms. The van der Waals surface area contributed by atoms with Crippen molar-refractivity contribution in [2.75, 3.05) is 6.54 Å². The maximum Gasteiger partial charge on any atom is 0.191 e. The van der Waals surface area contributed by atoms with Crippen LogP contribution in [0.25, 0.3) is 11.3 Å². The number of hydrogen-bond acceptors (Lipinski definition) is 4. The smallest absolute Gasteiger partial charge is 0.191 e. The van der Waals surface area contributed by atoms with E-state index in [4.69, 9.17) is 4.52 Å². The zero-order valence-corrected chi connectivity index (χ0v) is 16.6. The van der Waals surface area contributed by atoms with Gasteiger partial charge in [0.2, 0.25) is 0 Å². The molecule has 2 aromatic heterocycles. The molecule has 0 aliphatic carbocycles. The molecular weight excluding hydrogens is 350 g/mol. The average molecular weight is 377 g/mol. The Morgan fingerprint density at radius 2 is 2.00 bits per heavy atom. The average Bonchev–Trinajstić information content (AvgIpc) is 3.20. The first kappa shape index (κ1) is 19.6. The van der Waals surface area contributed by atoms with Crippen LogP contribution in [0, 0.1) is 0 Å². The van der Waals surface area contributed by atoms with Crippen molar-refractivity contribution in [3.63, 3.8) is 0 Å². The van der Waals surface area contributed by atoms with Gasteiger partial charge in [0, 0.05) is 24.4 Å². The number of aromatic nitrogens is 2. The summed E-state index contributed by atoms with van der Waals surface area (Å²) in [5, 5.41) is 10.7. The molecule has 3 rings (SSSR count). The first-order valence-electron chi connectivity index (χ1n) is 9.63. The zero-order valence-electron chi connectivity index (χ0n) is 16.6. The Morgan fingerprint density at radius 1 is 1.11 bits per heavy atom. The summed E-state index contributed by atoms with van der Waals surface area (Å²) in [6, 6.07) is 16.2. The number of guanidine groups is 1. The number of nitrogens with zero attached hydrogens (tertiary/aromatic N) is 3. The minimum Gasteiger partial charge on any atom is -0.359 e. The first-order valence-corrected chi connectivity index (χ1v) is 9.63. The lowest BCUT2D eigenvalue weighted by atomic mass is 10.1. The summed E-state index contributed by atoms with van der Waals surface area (Å²) in [6.07, 6.45) is 1.81.